The molecule has 0 saturated heterocycles. The lowest BCUT2D eigenvalue weighted by atomic mass is 10.1. The molecule has 0 N–H and O–H groups in total. The smallest absolute Gasteiger partial charge is 0.276 e. The minimum Gasteiger partial charge on any atom is -0.364 e. The molecule has 0 aromatic carbocycles. The molecule has 1 rings (SSSR count). The van der Waals surface area contributed by atoms with Crippen LogP contribution in [0.4, 0.5) is 8.78 Å². The Kier molecular flexibility index (Phi) is 2.46. The summed E-state index contributed by atoms with van der Waals surface area (Å²) >= 11 is 0. The zero-order valence-corrected chi connectivity index (χ0v) is 7.14. The molecule has 0 heterocycles. The Morgan fingerprint density at radius 2 is 2.17 bits per heavy atom. The molecule has 0 amide bonds. The normalized spacial score (nSPS) is 25.9. The lowest BCUT2D eigenvalue weighted by molar-refractivity contribution is -0.128. The van der Waals surface area contributed by atoms with E-state index in [1.54, 1.807) is 13.8 Å². The van der Waals surface area contributed by atoms with E-state index in [4.69, 9.17) is 4.74 Å². The molecule has 0 aliphatic heterocycles. The number of alkyl halides is 2. The summed E-state index contributed by atoms with van der Waals surface area (Å²) in [6, 6.07) is 0. The standard InChI is InChI=1S/C8H12F2O2/c1-5(2)6(11)4-12-7-3-8(7,9)10/h5,7H,3-4H2,1-2H3. The SMILES string of the molecule is CC(C)C(=O)COC1CC1(F)F. The van der Waals surface area contributed by atoms with E-state index in [-0.39, 0.29) is 24.7 Å². The van der Waals surface area contributed by atoms with Gasteiger partial charge in [-0.3, -0.25) is 4.79 Å². The zero-order chi connectivity index (χ0) is 9.35. The maximum absolute atomic E-state index is 12.2. The molecule has 12 heavy (non-hydrogen) atoms. The molecule has 2 nitrogen and oxygen atoms in total. The van der Waals surface area contributed by atoms with Gasteiger partial charge in [-0.1, -0.05) is 13.8 Å². The van der Waals surface area contributed by atoms with Gasteiger partial charge in [0.1, 0.15) is 12.7 Å². The second kappa shape index (κ2) is 3.09. The highest BCUT2D eigenvalue weighted by atomic mass is 19.3. The van der Waals surface area contributed by atoms with Gasteiger partial charge in [-0.2, -0.15) is 0 Å². The van der Waals surface area contributed by atoms with Crippen molar-refractivity contribution >= 4 is 5.78 Å². The topological polar surface area (TPSA) is 26.3 Å². The third-order valence-corrected chi connectivity index (χ3v) is 1.84. The Hall–Kier alpha value is -0.510. The maximum atomic E-state index is 12.2. The number of Topliss-reactive ketones (excluding diaryl/α,β-unsaturated/α-hetero) is 1. The Labute approximate surface area is 69.9 Å². The first-order valence-electron chi connectivity index (χ1n) is 3.95. The van der Waals surface area contributed by atoms with E-state index in [2.05, 4.69) is 0 Å². The molecule has 0 spiro atoms. The van der Waals surface area contributed by atoms with Crippen LogP contribution < -0.4 is 0 Å². The van der Waals surface area contributed by atoms with Gasteiger partial charge in [-0.05, 0) is 0 Å². The highest BCUT2D eigenvalue weighted by Gasteiger charge is 2.58. The molecule has 1 aliphatic carbocycles. The lowest BCUT2D eigenvalue weighted by Gasteiger charge is -2.04. The van der Waals surface area contributed by atoms with E-state index in [9.17, 15) is 13.6 Å². The van der Waals surface area contributed by atoms with Crippen molar-refractivity contribution in [2.45, 2.75) is 32.3 Å². The summed E-state index contributed by atoms with van der Waals surface area (Å²) < 4.78 is 29.1. The molecule has 1 atom stereocenters. The van der Waals surface area contributed by atoms with Crippen LogP contribution in [0, 0.1) is 5.92 Å². The third-order valence-electron chi connectivity index (χ3n) is 1.84. The summed E-state index contributed by atoms with van der Waals surface area (Å²) in [5.41, 5.74) is 0. The Bertz CT molecular complexity index is 189. The van der Waals surface area contributed by atoms with Crippen molar-refractivity contribution in [2.24, 2.45) is 5.92 Å². The third kappa shape index (κ3) is 2.24. The molecule has 0 aromatic rings. The summed E-state index contributed by atoms with van der Waals surface area (Å²) in [4.78, 5) is 10.9. The largest absolute Gasteiger partial charge is 0.364 e. The van der Waals surface area contributed by atoms with Crippen LogP contribution in [0.3, 0.4) is 0 Å². The van der Waals surface area contributed by atoms with Gasteiger partial charge >= 0.3 is 0 Å². The Balaban J connectivity index is 2.16. The first kappa shape index (κ1) is 9.58. The highest BCUT2D eigenvalue weighted by Crippen LogP contribution is 2.44. The number of ether oxygens (including phenoxy) is 1. The first-order valence-corrected chi connectivity index (χ1v) is 3.95. The van der Waals surface area contributed by atoms with Crippen molar-refractivity contribution in [2.75, 3.05) is 6.61 Å². The number of rotatable bonds is 4. The predicted molar refractivity (Wildman–Crippen MR) is 39.1 cm³/mol. The highest BCUT2D eigenvalue weighted by molar-refractivity contribution is 5.81. The number of hydrogen-bond donors (Lipinski definition) is 0. The van der Waals surface area contributed by atoms with E-state index in [0.717, 1.165) is 0 Å². The fourth-order valence-corrected chi connectivity index (χ4v) is 0.718. The van der Waals surface area contributed by atoms with Crippen LogP contribution in [0.15, 0.2) is 0 Å². The Morgan fingerprint density at radius 3 is 2.50 bits per heavy atom. The van der Waals surface area contributed by atoms with Crippen LogP contribution in [0.2, 0.25) is 0 Å². The summed E-state index contributed by atoms with van der Waals surface area (Å²) in [5, 5.41) is 0. The molecule has 0 aromatic heterocycles. The number of ketones is 1. The molecular formula is C8H12F2O2. The number of hydrogen-bond acceptors (Lipinski definition) is 2. The van der Waals surface area contributed by atoms with Crippen molar-refractivity contribution in [3.05, 3.63) is 0 Å². The minimum absolute atomic E-state index is 0.127. The van der Waals surface area contributed by atoms with Crippen molar-refractivity contribution in [3.8, 4) is 0 Å². The average molecular weight is 178 g/mol. The second-order valence-electron chi connectivity index (χ2n) is 3.39. The van der Waals surface area contributed by atoms with E-state index >= 15 is 0 Å². The molecule has 0 radical (unpaired) electrons. The maximum Gasteiger partial charge on any atom is 0.276 e. The molecule has 1 saturated carbocycles. The molecule has 70 valence electrons. The van der Waals surface area contributed by atoms with Crippen LogP contribution in [0.25, 0.3) is 0 Å². The van der Waals surface area contributed by atoms with Crippen molar-refractivity contribution < 1.29 is 18.3 Å². The van der Waals surface area contributed by atoms with Gasteiger partial charge in [0.25, 0.3) is 5.92 Å². The predicted octanol–water partition coefficient (Wildman–Crippen LogP) is 1.64. The molecule has 1 aliphatic rings. The summed E-state index contributed by atoms with van der Waals surface area (Å²) in [5.74, 6) is -2.95. The zero-order valence-electron chi connectivity index (χ0n) is 7.14. The van der Waals surface area contributed by atoms with Gasteiger partial charge in [-0.15, -0.1) is 0 Å². The van der Waals surface area contributed by atoms with Gasteiger partial charge < -0.3 is 4.74 Å². The lowest BCUT2D eigenvalue weighted by Crippen LogP contribution is -2.17. The molecule has 1 unspecified atom stereocenters. The van der Waals surface area contributed by atoms with E-state index in [1.807, 2.05) is 0 Å². The number of carbonyl (C=O) groups is 1. The van der Waals surface area contributed by atoms with Crippen LogP contribution in [-0.2, 0) is 9.53 Å². The van der Waals surface area contributed by atoms with Crippen LogP contribution in [0.5, 0.6) is 0 Å². The van der Waals surface area contributed by atoms with Crippen molar-refractivity contribution in [1.29, 1.82) is 0 Å². The monoisotopic (exact) mass is 178 g/mol. The van der Waals surface area contributed by atoms with E-state index in [0.29, 0.717) is 0 Å². The first-order chi connectivity index (χ1) is 5.43. The fraction of sp³-hybridized carbons (Fsp3) is 0.875. The second-order valence-corrected chi connectivity index (χ2v) is 3.39. The quantitative estimate of drug-likeness (QED) is 0.654. The molecule has 1 fully saturated rings. The van der Waals surface area contributed by atoms with Gasteiger partial charge in [0.05, 0.1) is 0 Å². The number of halogens is 2. The van der Waals surface area contributed by atoms with Gasteiger partial charge in [0.2, 0.25) is 0 Å². The van der Waals surface area contributed by atoms with Crippen molar-refractivity contribution in [3.63, 3.8) is 0 Å². The Morgan fingerprint density at radius 1 is 1.67 bits per heavy atom. The number of carbonyl (C=O) groups excluding carboxylic acids is 1. The van der Waals surface area contributed by atoms with Crippen molar-refractivity contribution in [1.82, 2.24) is 0 Å². The van der Waals surface area contributed by atoms with Gasteiger partial charge in [0.15, 0.2) is 5.78 Å². The van der Waals surface area contributed by atoms with Gasteiger partial charge in [-0.25, -0.2) is 8.78 Å². The fourth-order valence-electron chi connectivity index (χ4n) is 0.718. The van der Waals surface area contributed by atoms with Crippen LogP contribution in [-0.4, -0.2) is 24.4 Å². The summed E-state index contributed by atoms with van der Waals surface area (Å²) in [6.45, 7) is 3.26. The average Bonchev–Trinajstić information content (AvgIpc) is 2.54. The summed E-state index contributed by atoms with van der Waals surface area (Å²) in [6.07, 6.45) is -1.25. The molecule has 0 bridgehead atoms. The van der Waals surface area contributed by atoms with Crippen LogP contribution in [0.1, 0.15) is 20.3 Å². The van der Waals surface area contributed by atoms with Crippen LogP contribution >= 0.6 is 0 Å². The van der Waals surface area contributed by atoms with E-state index < -0.39 is 12.0 Å². The minimum atomic E-state index is -2.68. The molecular weight excluding hydrogens is 166 g/mol. The summed E-state index contributed by atoms with van der Waals surface area (Å²) in [7, 11) is 0. The van der Waals surface area contributed by atoms with E-state index in [1.165, 1.54) is 0 Å². The molecule has 4 heteroatoms. The van der Waals surface area contributed by atoms with Gasteiger partial charge in [0, 0.05) is 12.3 Å².